The zero-order valence-corrected chi connectivity index (χ0v) is 38.7. The van der Waals surface area contributed by atoms with E-state index in [0.717, 1.165) is 64.7 Å². The molecule has 0 aromatic heterocycles. The molecule has 0 aliphatic rings. The highest BCUT2D eigenvalue weighted by Crippen LogP contribution is 2.29. The molecule has 4 aromatic carbocycles. The summed E-state index contributed by atoms with van der Waals surface area (Å²) in [4.78, 5) is 12.6. The fourth-order valence-corrected chi connectivity index (χ4v) is 5.70. The second-order valence-electron chi connectivity index (χ2n) is 12.9. The van der Waals surface area contributed by atoms with Gasteiger partial charge in [-0.15, -0.1) is 4.33 Å². The maximum atomic E-state index is 13.3. The molecular weight excluding hydrogens is 1040 g/mol. The molecular formula is C42H36F12N4O12S2. The third kappa shape index (κ3) is 20.3. The lowest BCUT2D eigenvalue weighted by Crippen LogP contribution is -2.24. The molecule has 0 atom stereocenters. The van der Waals surface area contributed by atoms with Crippen LogP contribution < -0.4 is 18.9 Å². The molecule has 0 aliphatic carbocycles. The first kappa shape index (κ1) is 59.2. The van der Waals surface area contributed by atoms with Crippen LogP contribution in [0.1, 0.15) is 29.2 Å². The number of hydrogen-bond acceptors (Lipinski definition) is 17. The van der Waals surface area contributed by atoms with E-state index >= 15 is 0 Å². The first-order valence-electron chi connectivity index (χ1n) is 19.3. The van der Waals surface area contributed by atoms with Gasteiger partial charge in [0.2, 0.25) is 0 Å². The topological polar surface area (TPSA) is 176 Å². The molecule has 72 heavy (non-hydrogen) atoms. The summed E-state index contributed by atoms with van der Waals surface area (Å²) < 4.78 is 214. The quantitative estimate of drug-likeness (QED) is 0.0138. The maximum Gasteiger partial charge on any atom is 0.437 e. The number of nitrogens with zero attached hydrogens (tertiary/aromatic N) is 4. The Balaban J connectivity index is 0.000000381. The Hall–Kier alpha value is -7.10. The average Bonchev–Trinajstić information content (AvgIpc) is 3.30. The van der Waals surface area contributed by atoms with Gasteiger partial charge in [-0.25, -0.2) is 4.89 Å². The molecule has 0 heterocycles. The van der Waals surface area contributed by atoms with Crippen LogP contribution in [-0.4, -0.2) is 104 Å². The van der Waals surface area contributed by atoms with Crippen LogP contribution >= 0.6 is 12.3 Å². The van der Waals surface area contributed by atoms with E-state index in [0.29, 0.717) is 0 Å². The van der Waals surface area contributed by atoms with Gasteiger partial charge < -0.3 is 28.6 Å². The van der Waals surface area contributed by atoms with Crippen LogP contribution in [0.3, 0.4) is 0 Å². The van der Waals surface area contributed by atoms with Crippen molar-refractivity contribution in [3.8, 4) is 34.2 Å². The van der Waals surface area contributed by atoms with Crippen LogP contribution in [0.5, 0.6) is 23.0 Å². The Morgan fingerprint density at radius 3 is 1.00 bits per heavy atom. The maximum absolute atomic E-state index is 13.3. The van der Waals surface area contributed by atoms with Crippen LogP contribution in [0, 0.1) is 11.2 Å². The Morgan fingerprint density at radius 2 is 0.750 bits per heavy atom. The van der Waals surface area contributed by atoms with Crippen molar-refractivity contribution in [2.24, 2.45) is 20.6 Å². The molecule has 0 bridgehead atoms. The molecule has 0 unspecified atom stereocenters. The van der Waals surface area contributed by atoms with Crippen LogP contribution in [0.4, 0.5) is 52.7 Å². The fourth-order valence-electron chi connectivity index (χ4n) is 5.05. The zero-order chi connectivity index (χ0) is 53.6. The minimum Gasteiger partial charge on any atom is -0.490 e. The SMILES string of the molecule is CC#CS(=O)(=O)O/N=C(/c1ccc(OCCOc2ccc(/C(=N/OC)C(F)(F)F)cc2)cc1)C(F)(F)F.CO/N=C(/c1ccc(OCCOc2ccc(/C(=N/OSOOC)C(F)(F)F)cc2)cc1)C(F)(F)F. The van der Waals surface area contributed by atoms with Gasteiger partial charge in [-0.2, -0.15) is 61.1 Å². The fraction of sp³-hybridized carbons (Fsp3) is 0.286. The van der Waals surface area contributed by atoms with E-state index in [2.05, 4.69) is 48.1 Å². The lowest BCUT2D eigenvalue weighted by Gasteiger charge is -2.12. The Morgan fingerprint density at radius 1 is 0.472 bits per heavy atom. The van der Waals surface area contributed by atoms with E-state index < -0.39 is 63.2 Å². The second-order valence-corrected chi connectivity index (χ2v) is 14.5. The predicted octanol–water partition coefficient (Wildman–Crippen LogP) is 10.1. The number of alkyl halides is 12. The minimum atomic E-state index is -5.03. The minimum absolute atomic E-state index is 0.00829. The number of halogens is 12. The summed E-state index contributed by atoms with van der Waals surface area (Å²) in [5.41, 5.74) is -6.52. The number of benzene rings is 4. The van der Waals surface area contributed by atoms with Gasteiger partial charge in [0, 0.05) is 22.3 Å². The van der Waals surface area contributed by atoms with Crippen LogP contribution in [0.25, 0.3) is 0 Å². The van der Waals surface area contributed by atoms with Crippen molar-refractivity contribution in [2.75, 3.05) is 47.8 Å². The molecule has 0 aliphatic heterocycles. The van der Waals surface area contributed by atoms with Crippen LogP contribution in [0.15, 0.2) is 118 Å². The third-order valence-electron chi connectivity index (χ3n) is 7.90. The first-order valence-corrected chi connectivity index (χ1v) is 21.4. The lowest BCUT2D eigenvalue weighted by atomic mass is 10.1. The largest absolute Gasteiger partial charge is 0.490 e. The number of rotatable bonds is 22. The smallest absolute Gasteiger partial charge is 0.437 e. The molecule has 0 spiro atoms. The van der Waals surface area contributed by atoms with Gasteiger partial charge in [0.1, 0.15) is 63.6 Å². The summed E-state index contributed by atoms with van der Waals surface area (Å²) in [7, 11) is -1.47. The van der Waals surface area contributed by atoms with Crippen molar-refractivity contribution >= 4 is 45.3 Å². The third-order valence-corrected chi connectivity index (χ3v) is 8.95. The van der Waals surface area contributed by atoms with Crippen molar-refractivity contribution in [3.63, 3.8) is 0 Å². The van der Waals surface area contributed by atoms with Gasteiger partial charge in [0.15, 0.2) is 22.8 Å². The summed E-state index contributed by atoms with van der Waals surface area (Å²) >= 11 is 0.103. The predicted molar refractivity (Wildman–Crippen MR) is 232 cm³/mol. The zero-order valence-electron chi connectivity index (χ0n) is 37.1. The summed E-state index contributed by atoms with van der Waals surface area (Å²) in [6.07, 6.45) is -19.2. The highest BCUT2D eigenvalue weighted by molar-refractivity contribution is 7.91. The highest BCUT2D eigenvalue weighted by atomic mass is 32.2. The molecule has 4 rings (SSSR count). The Labute approximate surface area is 405 Å². The highest BCUT2D eigenvalue weighted by Gasteiger charge is 2.40. The molecule has 0 saturated heterocycles. The van der Waals surface area contributed by atoms with Gasteiger partial charge in [0.05, 0.1) is 12.4 Å². The summed E-state index contributed by atoms with van der Waals surface area (Å²) in [6, 6.07) is 19.0. The number of hydrogen-bond donors (Lipinski definition) is 0. The molecule has 0 fully saturated rings. The number of ether oxygens (including phenoxy) is 4. The van der Waals surface area contributed by atoms with Crippen molar-refractivity contribution in [2.45, 2.75) is 31.6 Å². The Bertz CT molecular complexity index is 2620. The summed E-state index contributed by atoms with van der Waals surface area (Å²) in [6.45, 7) is 1.07. The van der Waals surface area contributed by atoms with Crippen molar-refractivity contribution in [1.29, 1.82) is 0 Å². The van der Waals surface area contributed by atoms with Crippen LogP contribution in [0.2, 0.25) is 0 Å². The van der Waals surface area contributed by atoms with Crippen molar-refractivity contribution in [1.82, 2.24) is 0 Å². The monoisotopic (exact) mass is 1080 g/mol. The van der Waals surface area contributed by atoms with Gasteiger partial charge in [-0.1, -0.05) is 26.5 Å². The second kappa shape index (κ2) is 27.5. The van der Waals surface area contributed by atoms with E-state index in [1.54, 1.807) is 5.25 Å². The molecule has 30 heteroatoms. The lowest BCUT2D eigenvalue weighted by molar-refractivity contribution is -0.166. The van der Waals surface area contributed by atoms with Gasteiger partial charge in [-0.3, -0.25) is 8.57 Å². The van der Waals surface area contributed by atoms with E-state index in [4.69, 9.17) is 18.9 Å². The van der Waals surface area contributed by atoms with Crippen molar-refractivity contribution < 1.29 is 108 Å². The van der Waals surface area contributed by atoms with Gasteiger partial charge >= 0.3 is 34.8 Å². The molecule has 4 aromatic rings. The molecule has 0 saturated carbocycles. The molecule has 0 radical (unpaired) electrons. The van der Waals surface area contributed by atoms with E-state index in [1.807, 2.05) is 5.92 Å². The normalized spacial score (nSPS) is 12.9. The molecule has 392 valence electrons. The van der Waals surface area contributed by atoms with E-state index in [9.17, 15) is 61.1 Å². The first-order chi connectivity index (χ1) is 33.8. The average molecular weight is 1080 g/mol. The van der Waals surface area contributed by atoms with Crippen LogP contribution in [-0.2, 0) is 37.6 Å². The summed E-state index contributed by atoms with van der Waals surface area (Å²) in [5.74, 6) is 2.88. The van der Waals surface area contributed by atoms with E-state index in [-0.39, 0.29) is 78.4 Å². The molecule has 16 nitrogen and oxygen atoms in total. The Kier molecular flexibility index (Phi) is 22.6. The molecule has 0 N–H and O–H groups in total. The van der Waals surface area contributed by atoms with Gasteiger partial charge in [0.25, 0.3) is 12.3 Å². The van der Waals surface area contributed by atoms with Crippen molar-refractivity contribution in [3.05, 3.63) is 119 Å². The summed E-state index contributed by atoms with van der Waals surface area (Å²) in [5, 5.41) is 13.3. The standard InChI is InChI=1S/C22H18F6N2O6S.C20H18F6N2O6S/c1-3-14-37(31,32)36-30-20(22(26,27)28)16-6-10-18(11-7-16)35-13-12-34-17-8-4-15(5-9-17)19(29-33-2)21(23,24)25;1-29-27-17(19(21,22)23)13-3-7-15(8-4-13)31-11-12-32-16-9-5-14(6-10-16)18(20(24,25)26)28-33-35-34-30-2/h4-11H,12-13H2,1-2H3;3-10H,11-12H2,1-2H3/b29-19-,30-20-;27-17-,28-18-. The molecule has 0 amide bonds. The van der Waals surface area contributed by atoms with Gasteiger partial charge in [-0.05, 0) is 104 Å². The number of oxime groups is 4. The van der Waals surface area contributed by atoms with E-state index in [1.165, 1.54) is 60.7 Å².